The second-order valence-electron chi connectivity index (χ2n) is 19.2. The molecule has 0 spiro atoms. The molecule has 0 aromatic rings. The number of carbonyl (C=O) groups is 3. The van der Waals surface area contributed by atoms with Crippen molar-refractivity contribution in [2.75, 3.05) is 13.2 Å². The number of carbonyl (C=O) groups excluding carboxylic acids is 3. The van der Waals surface area contributed by atoms with Crippen LogP contribution in [0.4, 0.5) is 0 Å². The largest absolute Gasteiger partial charge is 0.462 e. The molecule has 0 bridgehead atoms. The molecule has 0 rings (SSSR count). The highest BCUT2D eigenvalue weighted by atomic mass is 16.6. The average Bonchev–Trinajstić information content (AvgIpc) is 3.30. The first-order valence-electron chi connectivity index (χ1n) is 28.5. The Labute approximate surface area is 404 Å². The predicted octanol–water partition coefficient (Wildman–Crippen LogP) is 18.9. The summed E-state index contributed by atoms with van der Waals surface area (Å²) >= 11 is 0. The molecular formula is C59H108O6. The van der Waals surface area contributed by atoms with Gasteiger partial charge in [0.2, 0.25) is 0 Å². The number of ether oxygens (including phenoxy) is 3. The molecular weight excluding hydrogens is 805 g/mol. The van der Waals surface area contributed by atoms with E-state index in [1.54, 1.807) is 0 Å². The van der Waals surface area contributed by atoms with Crippen LogP contribution in [-0.2, 0) is 28.6 Å². The van der Waals surface area contributed by atoms with Gasteiger partial charge >= 0.3 is 17.9 Å². The van der Waals surface area contributed by atoms with Crippen LogP contribution < -0.4 is 0 Å². The fourth-order valence-electron chi connectivity index (χ4n) is 8.29. The lowest BCUT2D eigenvalue weighted by molar-refractivity contribution is -0.167. The van der Waals surface area contributed by atoms with E-state index in [4.69, 9.17) is 14.2 Å². The molecule has 0 saturated heterocycles. The molecule has 0 aromatic heterocycles. The molecule has 0 radical (unpaired) electrons. The van der Waals surface area contributed by atoms with Gasteiger partial charge in [-0.05, 0) is 77.0 Å². The molecule has 0 aliphatic rings. The Kier molecular flexibility index (Phi) is 52.3. The van der Waals surface area contributed by atoms with Gasteiger partial charge in [-0.15, -0.1) is 0 Å². The first-order chi connectivity index (χ1) is 32.0. The average molecular weight is 914 g/mol. The first kappa shape index (κ1) is 62.6. The number of allylic oxidation sites excluding steroid dienone is 6. The summed E-state index contributed by atoms with van der Waals surface area (Å²) < 4.78 is 16.9. The lowest BCUT2D eigenvalue weighted by atomic mass is 10.0. The highest BCUT2D eigenvalue weighted by Gasteiger charge is 2.19. The molecule has 1 atom stereocenters. The summed E-state index contributed by atoms with van der Waals surface area (Å²) in [5.74, 6) is -0.869. The Morgan fingerprint density at radius 3 is 0.908 bits per heavy atom. The number of esters is 3. The van der Waals surface area contributed by atoms with Crippen molar-refractivity contribution in [2.45, 2.75) is 309 Å². The molecule has 0 N–H and O–H groups in total. The highest BCUT2D eigenvalue weighted by molar-refractivity contribution is 5.71. The van der Waals surface area contributed by atoms with Crippen LogP contribution in [0.5, 0.6) is 0 Å². The topological polar surface area (TPSA) is 78.9 Å². The Balaban J connectivity index is 4.36. The second-order valence-corrected chi connectivity index (χ2v) is 19.2. The summed E-state index contributed by atoms with van der Waals surface area (Å²) in [7, 11) is 0. The molecule has 0 aliphatic heterocycles. The number of unbranched alkanes of at least 4 members (excludes halogenated alkanes) is 35. The standard InChI is InChI=1S/C59H108O6/c1-4-7-10-13-16-19-22-25-28-29-32-35-38-41-44-47-50-53-59(62)65-56(54-63-57(60)51-48-45-42-39-36-33-30-26-23-20-17-14-11-8-5-2)55-64-58(61)52-49-46-43-40-37-34-31-27-24-21-18-15-12-9-6-3/h16,19-20,23,25,28,56H,4-15,17-18,21-22,24,26-27,29-55H2,1-3H3/b19-16-,23-20-,28-25-/t56-/m1/s1. The fraction of sp³-hybridized carbons (Fsp3) is 0.847. The SMILES string of the molecule is CCCCC/C=C\C/C=C\CCCCCCCCCC(=O)O[C@H](COC(=O)CCCCCCCCC/C=C\CCCCCC)COC(=O)CCCCCCCCCCCCCCCCC. The molecule has 6 heteroatoms. The minimum absolute atomic E-state index is 0.0731. The van der Waals surface area contributed by atoms with Crippen LogP contribution in [0.15, 0.2) is 36.5 Å². The van der Waals surface area contributed by atoms with Gasteiger partial charge in [0.25, 0.3) is 0 Å². The summed E-state index contributed by atoms with van der Waals surface area (Å²) in [6.07, 6.45) is 64.1. The monoisotopic (exact) mass is 913 g/mol. The third-order valence-electron chi connectivity index (χ3n) is 12.6. The zero-order valence-corrected chi connectivity index (χ0v) is 43.5. The van der Waals surface area contributed by atoms with Gasteiger partial charge in [0, 0.05) is 19.3 Å². The van der Waals surface area contributed by atoms with Crippen LogP contribution in [0, 0.1) is 0 Å². The van der Waals surface area contributed by atoms with E-state index in [0.717, 1.165) is 70.6 Å². The highest BCUT2D eigenvalue weighted by Crippen LogP contribution is 2.16. The molecule has 0 fully saturated rings. The maximum atomic E-state index is 12.8. The Morgan fingerprint density at radius 2 is 0.554 bits per heavy atom. The van der Waals surface area contributed by atoms with Crippen LogP contribution in [-0.4, -0.2) is 37.2 Å². The van der Waals surface area contributed by atoms with Gasteiger partial charge in [-0.2, -0.15) is 0 Å². The number of hydrogen-bond donors (Lipinski definition) is 0. The van der Waals surface area contributed by atoms with Crippen molar-refractivity contribution < 1.29 is 28.6 Å². The molecule has 0 amide bonds. The summed E-state index contributed by atoms with van der Waals surface area (Å²) in [4.78, 5) is 38.1. The molecule has 6 nitrogen and oxygen atoms in total. The van der Waals surface area contributed by atoms with Crippen LogP contribution in [0.3, 0.4) is 0 Å². The van der Waals surface area contributed by atoms with Crippen molar-refractivity contribution in [3.8, 4) is 0 Å². The molecule has 0 aromatic carbocycles. The minimum Gasteiger partial charge on any atom is -0.462 e. The number of hydrogen-bond acceptors (Lipinski definition) is 6. The van der Waals surface area contributed by atoms with Crippen molar-refractivity contribution in [1.29, 1.82) is 0 Å². The van der Waals surface area contributed by atoms with Crippen molar-refractivity contribution in [2.24, 2.45) is 0 Å². The quantitative estimate of drug-likeness (QED) is 0.0262. The van der Waals surface area contributed by atoms with Crippen LogP contribution >= 0.6 is 0 Å². The van der Waals surface area contributed by atoms with Gasteiger partial charge in [0.05, 0.1) is 0 Å². The fourth-order valence-corrected chi connectivity index (χ4v) is 8.29. The lowest BCUT2D eigenvalue weighted by Crippen LogP contribution is -2.30. The van der Waals surface area contributed by atoms with Crippen molar-refractivity contribution in [1.82, 2.24) is 0 Å². The van der Waals surface area contributed by atoms with E-state index in [0.29, 0.717) is 19.3 Å². The summed E-state index contributed by atoms with van der Waals surface area (Å²) in [5.41, 5.74) is 0. The summed E-state index contributed by atoms with van der Waals surface area (Å²) in [5, 5.41) is 0. The van der Waals surface area contributed by atoms with E-state index < -0.39 is 6.10 Å². The van der Waals surface area contributed by atoms with Gasteiger partial charge in [-0.3, -0.25) is 14.4 Å². The molecule has 380 valence electrons. The first-order valence-corrected chi connectivity index (χ1v) is 28.5. The molecule has 0 aliphatic carbocycles. The third kappa shape index (κ3) is 52.5. The van der Waals surface area contributed by atoms with Crippen LogP contribution in [0.2, 0.25) is 0 Å². The Hall–Kier alpha value is -2.37. The molecule has 0 heterocycles. The third-order valence-corrected chi connectivity index (χ3v) is 12.6. The van der Waals surface area contributed by atoms with Gasteiger partial charge < -0.3 is 14.2 Å². The molecule has 0 saturated carbocycles. The van der Waals surface area contributed by atoms with Gasteiger partial charge in [-0.1, -0.05) is 243 Å². The summed E-state index contributed by atoms with van der Waals surface area (Å²) in [6, 6.07) is 0. The molecule has 65 heavy (non-hydrogen) atoms. The zero-order chi connectivity index (χ0) is 47.2. The van der Waals surface area contributed by atoms with E-state index in [1.165, 1.54) is 193 Å². The predicted molar refractivity (Wildman–Crippen MR) is 279 cm³/mol. The maximum absolute atomic E-state index is 12.8. The van der Waals surface area contributed by atoms with Crippen LogP contribution in [0.25, 0.3) is 0 Å². The molecule has 0 unspecified atom stereocenters. The van der Waals surface area contributed by atoms with Gasteiger partial charge in [-0.25, -0.2) is 0 Å². The number of rotatable bonds is 52. The van der Waals surface area contributed by atoms with Crippen molar-refractivity contribution in [3.63, 3.8) is 0 Å². The Bertz CT molecular complexity index is 1090. The maximum Gasteiger partial charge on any atom is 0.306 e. The summed E-state index contributed by atoms with van der Waals surface area (Å²) in [6.45, 7) is 6.63. The van der Waals surface area contributed by atoms with Crippen LogP contribution in [0.1, 0.15) is 303 Å². The second kappa shape index (κ2) is 54.2. The van der Waals surface area contributed by atoms with Gasteiger partial charge in [0.15, 0.2) is 6.10 Å². The van der Waals surface area contributed by atoms with Crippen molar-refractivity contribution >= 4 is 17.9 Å². The van der Waals surface area contributed by atoms with E-state index >= 15 is 0 Å². The lowest BCUT2D eigenvalue weighted by Gasteiger charge is -2.18. The van der Waals surface area contributed by atoms with E-state index in [2.05, 4.69) is 57.2 Å². The van der Waals surface area contributed by atoms with Gasteiger partial charge in [0.1, 0.15) is 13.2 Å². The van der Waals surface area contributed by atoms with E-state index in [1.807, 2.05) is 0 Å². The Morgan fingerprint density at radius 1 is 0.308 bits per heavy atom. The van der Waals surface area contributed by atoms with E-state index in [-0.39, 0.29) is 31.1 Å². The van der Waals surface area contributed by atoms with Crippen molar-refractivity contribution in [3.05, 3.63) is 36.5 Å². The minimum atomic E-state index is -0.775. The zero-order valence-electron chi connectivity index (χ0n) is 43.5. The smallest absolute Gasteiger partial charge is 0.306 e. The normalized spacial score (nSPS) is 12.2. The van der Waals surface area contributed by atoms with E-state index in [9.17, 15) is 14.4 Å².